The summed E-state index contributed by atoms with van der Waals surface area (Å²) in [5.41, 5.74) is 5.05. The van der Waals surface area contributed by atoms with Crippen molar-refractivity contribution in [2.24, 2.45) is 17.1 Å². The van der Waals surface area contributed by atoms with Crippen molar-refractivity contribution in [1.82, 2.24) is 5.32 Å². The van der Waals surface area contributed by atoms with Crippen molar-refractivity contribution in [2.75, 3.05) is 6.54 Å². The third-order valence-electron chi connectivity index (χ3n) is 3.36. The number of nitrogens with two attached hydrogens (primary N) is 1. The summed E-state index contributed by atoms with van der Waals surface area (Å²) in [4.78, 5) is 12.3. The van der Waals surface area contributed by atoms with Crippen molar-refractivity contribution >= 4 is 23.1 Å². The van der Waals surface area contributed by atoms with Crippen LogP contribution in [0, 0.1) is 11.3 Å². The summed E-state index contributed by atoms with van der Waals surface area (Å²) in [5, 5.41) is 2.96. The fourth-order valence-corrected chi connectivity index (χ4v) is 2.14. The molecular formula is C11H20N2OS. The largest absolute Gasteiger partial charge is 0.392 e. The second kappa shape index (κ2) is 4.92. The van der Waals surface area contributed by atoms with E-state index in [4.69, 9.17) is 18.0 Å². The lowest BCUT2D eigenvalue weighted by molar-refractivity contribution is -0.127. The van der Waals surface area contributed by atoms with Crippen LogP contribution in [0.3, 0.4) is 0 Å². The quantitative estimate of drug-likeness (QED) is 0.679. The van der Waals surface area contributed by atoms with E-state index in [9.17, 15) is 4.79 Å². The molecule has 0 heterocycles. The molecule has 0 aromatic rings. The van der Waals surface area contributed by atoms with Crippen molar-refractivity contribution < 1.29 is 4.79 Å². The van der Waals surface area contributed by atoms with E-state index in [2.05, 4.69) is 5.32 Å². The van der Waals surface area contributed by atoms with Crippen LogP contribution < -0.4 is 11.1 Å². The Bertz CT molecular complexity index is 257. The monoisotopic (exact) mass is 228 g/mol. The van der Waals surface area contributed by atoms with Crippen LogP contribution in [0.5, 0.6) is 0 Å². The standard InChI is InChI=1S/C11H20N2OS/c1-3-11(4-2,9(12)15)10(14)13-7-8-5-6-8/h8H,3-7H2,1-2H3,(H2,12,15)(H,13,14). The van der Waals surface area contributed by atoms with E-state index in [-0.39, 0.29) is 5.91 Å². The molecule has 4 heteroatoms. The Morgan fingerprint density at radius 2 is 2.00 bits per heavy atom. The maximum absolute atomic E-state index is 12.0. The number of carbonyl (C=O) groups excluding carboxylic acids is 1. The predicted octanol–water partition coefficient (Wildman–Crippen LogP) is 1.61. The van der Waals surface area contributed by atoms with Gasteiger partial charge in [0.25, 0.3) is 0 Å². The third kappa shape index (κ3) is 2.68. The molecule has 3 nitrogen and oxygen atoms in total. The molecule has 1 aliphatic rings. The molecule has 1 rings (SSSR count). The van der Waals surface area contributed by atoms with E-state index in [1.807, 2.05) is 13.8 Å². The smallest absolute Gasteiger partial charge is 0.233 e. The Kier molecular flexibility index (Phi) is 4.08. The van der Waals surface area contributed by atoms with E-state index in [0.29, 0.717) is 23.7 Å². The molecule has 3 N–H and O–H groups in total. The summed E-state index contributed by atoms with van der Waals surface area (Å²) in [7, 11) is 0. The van der Waals surface area contributed by atoms with Crippen molar-refractivity contribution in [3.63, 3.8) is 0 Å². The lowest BCUT2D eigenvalue weighted by Gasteiger charge is -2.28. The van der Waals surface area contributed by atoms with Gasteiger partial charge in [-0.15, -0.1) is 0 Å². The van der Waals surface area contributed by atoms with Crippen LogP contribution in [-0.2, 0) is 4.79 Å². The van der Waals surface area contributed by atoms with E-state index in [1.54, 1.807) is 0 Å². The highest BCUT2D eigenvalue weighted by atomic mass is 32.1. The summed E-state index contributed by atoms with van der Waals surface area (Å²) in [6, 6.07) is 0. The molecule has 0 bridgehead atoms. The predicted molar refractivity (Wildman–Crippen MR) is 65.5 cm³/mol. The number of carbonyl (C=O) groups is 1. The highest BCUT2D eigenvalue weighted by Crippen LogP contribution is 2.30. The zero-order chi connectivity index (χ0) is 11.5. The van der Waals surface area contributed by atoms with Crippen LogP contribution in [0.1, 0.15) is 39.5 Å². The first-order valence-corrected chi connectivity index (χ1v) is 6.05. The molecule has 1 aliphatic carbocycles. The van der Waals surface area contributed by atoms with Gasteiger partial charge in [0.15, 0.2) is 0 Å². The molecule has 1 fully saturated rings. The number of hydrogen-bond acceptors (Lipinski definition) is 2. The van der Waals surface area contributed by atoms with Crippen LogP contribution in [-0.4, -0.2) is 17.4 Å². The summed E-state index contributed by atoms with van der Waals surface area (Å²) >= 11 is 5.02. The minimum absolute atomic E-state index is 0.00639. The highest BCUT2D eigenvalue weighted by Gasteiger charge is 2.38. The molecule has 0 atom stereocenters. The molecule has 0 radical (unpaired) electrons. The van der Waals surface area contributed by atoms with Gasteiger partial charge in [-0.3, -0.25) is 4.79 Å². The van der Waals surface area contributed by atoms with Gasteiger partial charge in [-0.2, -0.15) is 0 Å². The first kappa shape index (κ1) is 12.4. The first-order valence-electron chi connectivity index (χ1n) is 5.65. The molecular weight excluding hydrogens is 208 g/mol. The lowest BCUT2D eigenvalue weighted by Crippen LogP contribution is -2.48. The van der Waals surface area contributed by atoms with Crippen molar-refractivity contribution in [2.45, 2.75) is 39.5 Å². The molecule has 0 aromatic heterocycles. The first-order chi connectivity index (χ1) is 7.06. The Hall–Kier alpha value is -0.640. The SMILES string of the molecule is CCC(CC)(C(=O)NCC1CC1)C(N)=S. The summed E-state index contributed by atoms with van der Waals surface area (Å²) < 4.78 is 0. The number of nitrogens with one attached hydrogen (secondary N) is 1. The van der Waals surface area contributed by atoms with Crippen molar-refractivity contribution in [3.8, 4) is 0 Å². The second-order valence-corrected chi connectivity index (χ2v) is 4.75. The molecule has 0 saturated heterocycles. The zero-order valence-corrected chi connectivity index (χ0v) is 10.3. The summed E-state index contributed by atoms with van der Waals surface area (Å²) in [6.45, 7) is 4.70. The van der Waals surface area contributed by atoms with E-state index in [0.717, 1.165) is 6.54 Å². The summed E-state index contributed by atoms with van der Waals surface area (Å²) in [5.74, 6) is 0.693. The molecule has 0 unspecified atom stereocenters. The summed E-state index contributed by atoms with van der Waals surface area (Å²) in [6.07, 6.45) is 3.82. The van der Waals surface area contributed by atoms with Gasteiger partial charge in [0.1, 0.15) is 0 Å². The minimum atomic E-state index is -0.635. The van der Waals surface area contributed by atoms with Crippen LogP contribution in [0.4, 0.5) is 0 Å². The van der Waals surface area contributed by atoms with Crippen LogP contribution in [0.15, 0.2) is 0 Å². The van der Waals surface area contributed by atoms with Crippen molar-refractivity contribution in [3.05, 3.63) is 0 Å². The minimum Gasteiger partial charge on any atom is -0.392 e. The van der Waals surface area contributed by atoms with Gasteiger partial charge >= 0.3 is 0 Å². The second-order valence-electron chi connectivity index (χ2n) is 4.31. The van der Waals surface area contributed by atoms with Crippen molar-refractivity contribution in [1.29, 1.82) is 0 Å². The Balaban J connectivity index is 2.60. The molecule has 1 saturated carbocycles. The third-order valence-corrected chi connectivity index (χ3v) is 3.75. The molecule has 1 amide bonds. The van der Waals surface area contributed by atoms with Gasteiger partial charge in [-0.25, -0.2) is 0 Å². The van der Waals surface area contributed by atoms with Gasteiger partial charge in [-0.05, 0) is 31.6 Å². The normalized spacial score (nSPS) is 16.1. The highest BCUT2D eigenvalue weighted by molar-refractivity contribution is 7.80. The average molecular weight is 228 g/mol. The molecule has 0 spiro atoms. The number of amides is 1. The Labute approximate surface area is 96.8 Å². The number of thiocarbonyl (C=S) groups is 1. The average Bonchev–Trinajstić information content (AvgIpc) is 3.00. The molecule has 0 aromatic carbocycles. The van der Waals surface area contributed by atoms with Gasteiger partial charge in [0.05, 0.1) is 10.4 Å². The number of hydrogen-bond donors (Lipinski definition) is 2. The zero-order valence-electron chi connectivity index (χ0n) is 9.51. The Morgan fingerprint density at radius 3 is 2.33 bits per heavy atom. The maximum atomic E-state index is 12.0. The molecule has 0 aliphatic heterocycles. The molecule has 15 heavy (non-hydrogen) atoms. The Morgan fingerprint density at radius 1 is 1.47 bits per heavy atom. The van der Waals surface area contributed by atoms with Gasteiger partial charge < -0.3 is 11.1 Å². The van der Waals surface area contributed by atoms with Crippen LogP contribution in [0.25, 0.3) is 0 Å². The van der Waals surface area contributed by atoms with Crippen LogP contribution >= 0.6 is 12.2 Å². The van der Waals surface area contributed by atoms with Crippen LogP contribution in [0.2, 0.25) is 0 Å². The van der Waals surface area contributed by atoms with Gasteiger partial charge in [-0.1, -0.05) is 26.1 Å². The fraction of sp³-hybridized carbons (Fsp3) is 0.818. The number of rotatable bonds is 6. The van der Waals surface area contributed by atoms with E-state index < -0.39 is 5.41 Å². The topological polar surface area (TPSA) is 55.1 Å². The van der Waals surface area contributed by atoms with Gasteiger partial charge in [0.2, 0.25) is 5.91 Å². The van der Waals surface area contributed by atoms with E-state index in [1.165, 1.54) is 12.8 Å². The lowest BCUT2D eigenvalue weighted by atomic mass is 9.81. The molecule has 86 valence electrons. The van der Waals surface area contributed by atoms with Gasteiger partial charge in [0, 0.05) is 6.54 Å². The van der Waals surface area contributed by atoms with E-state index >= 15 is 0 Å². The maximum Gasteiger partial charge on any atom is 0.233 e. The fourth-order valence-electron chi connectivity index (χ4n) is 1.76.